The summed E-state index contributed by atoms with van der Waals surface area (Å²) >= 11 is 0. The summed E-state index contributed by atoms with van der Waals surface area (Å²) in [6.07, 6.45) is -0.470. The molecular formula is C7H15NO2. The SMILES string of the molecule is CC(O)C(C)C(C)C(N)=O. The summed E-state index contributed by atoms with van der Waals surface area (Å²) in [4.78, 5) is 10.6. The molecule has 3 nitrogen and oxygen atoms in total. The first-order valence-corrected chi connectivity index (χ1v) is 3.44. The molecule has 10 heavy (non-hydrogen) atoms. The minimum Gasteiger partial charge on any atom is -0.393 e. The summed E-state index contributed by atoms with van der Waals surface area (Å²) in [6, 6.07) is 0. The second-order valence-corrected chi connectivity index (χ2v) is 2.79. The summed E-state index contributed by atoms with van der Waals surface area (Å²) in [5, 5.41) is 9.03. The van der Waals surface area contributed by atoms with Gasteiger partial charge in [0.1, 0.15) is 0 Å². The molecular weight excluding hydrogens is 130 g/mol. The highest BCUT2D eigenvalue weighted by Gasteiger charge is 2.20. The third-order valence-corrected chi connectivity index (χ3v) is 2.00. The molecule has 0 saturated carbocycles. The standard InChI is InChI=1S/C7H15NO2/c1-4(6(3)9)5(2)7(8)10/h4-6,9H,1-3H3,(H2,8,10). The molecule has 0 aromatic carbocycles. The molecule has 0 aliphatic carbocycles. The Morgan fingerprint density at radius 1 is 1.40 bits per heavy atom. The van der Waals surface area contributed by atoms with E-state index in [1.165, 1.54) is 0 Å². The zero-order valence-electron chi connectivity index (χ0n) is 6.66. The lowest BCUT2D eigenvalue weighted by atomic mass is 9.91. The van der Waals surface area contributed by atoms with Gasteiger partial charge in [-0.25, -0.2) is 0 Å². The van der Waals surface area contributed by atoms with E-state index in [4.69, 9.17) is 10.8 Å². The lowest BCUT2D eigenvalue weighted by molar-refractivity contribution is -0.123. The smallest absolute Gasteiger partial charge is 0.220 e. The molecule has 60 valence electrons. The highest BCUT2D eigenvalue weighted by molar-refractivity contribution is 5.76. The minimum atomic E-state index is -0.470. The van der Waals surface area contributed by atoms with Crippen LogP contribution in [0.1, 0.15) is 20.8 Å². The molecule has 3 atom stereocenters. The third kappa shape index (κ3) is 2.35. The van der Waals surface area contributed by atoms with E-state index in [0.717, 1.165) is 0 Å². The second-order valence-electron chi connectivity index (χ2n) is 2.79. The van der Waals surface area contributed by atoms with Gasteiger partial charge < -0.3 is 10.8 Å². The summed E-state index contributed by atoms with van der Waals surface area (Å²) in [6.45, 7) is 5.18. The van der Waals surface area contributed by atoms with E-state index in [-0.39, 0.29) is 17.7 Å². The molecule has 0 aliphatic rings. The minimum absolute atomic E-state index is 0.0579. The Balaban J connectivity index is 3.94. The number of rotatable bonds is 3. The van der Waals surface area contributed by atoms with Crippen molar-refractivity contribution in [2.75, 3.05) is 0 Å². The maximum atomic E-state index is 10.6. The zero-order valence-corrected chi connectivity index (χ0v) is 6.66. The van der Waals surface area contributed by atoms with Crippen LogP contribution < -0.4 is 5.73 Å². The Bertz CT molecular complexity index is 123. The van der Waals surface area contributed by atoms with Crippen LogP contribution in [0.3, 0.4) is 0 Å². The number of primary amides is 1. The molecule has 0 rings (SSSR count). The Labute approximate surface area is 61.2 Å². The van der Waals surface area contributed by atoms with Gasteiger partial charge in [-0.2, -0.15) is 0 Å². The van der Waals surface area contributed by atoms with Crippen LogP contribution in [-0.2, 0) is 4.79 Å². The Hall–Kier alpha value is -0.570. The number of carbonyl (C=O) groups excluding carboxylic acids is 1. The van der Waals surface area contributed by atoms with Crippen LogP contribution in [0.5, 0.6) is 0 Å². The summed E-state index contributed by atoms with van der Waals surface area (Å²) in [5.41, 5.74) is 5.02. The quantitative estimate of drug-likeness (QED) is 0.592. The van der Waals surface area contributed by atoms with Crippen LogP contribution in [0, 0.1) is 11.8 Å². The van der Waals surface area contributed by atoms with Crippen LogP contribution >= 0.6 is 0 Å². The van der Waals surface area contributed by atoms with E-state index in [2.05, 4.69) is 0 Å². The predicted molar refractivity (Wildman–Crippen MR) is 39.2 cm³/mol. The van der Waals surface area contributed by atoms with Crippen LogP contribution in [0.4, 0.5) is 0 Å². The third-order valence-electron chi connectivity index (χ3n) is 2.00. The first kappa shape index (κ1) is 9.43. The van der Waals surface area contributed by atoms with Gasteiger partial charge in [0.25, 0.3) is 0 Å². The van der Waals surface area contributed by atoms with Crippen molar-refractivity contribution in [1.29, 1.82) is 0 Å². The van der Waals surface area contributed by atoms with E-state index in [0.29, 0.717) is 0 Å². The Morgan fingerprint density at radius 3 is 1.90 bits per heavy atom. The molecule has 0 aliphatic heterocycles. The first-order chi connectivity index (χ1) is 4.46. The van der Waals surface area contributed by atoms with Gasteiger partial charge in [-0.05, 0) is 12.8 Å². The maximum Gasteiger partial charge on any atom is 0.220 e. The van der Waals surface area contributed by atoms with E-state index in [9.17, 15) is 4.79 Å². The van der Waals surface area contributed by atoms with E-state index >= 15 is 0 Å². The highest BCUT2D eigenvalue weighted by Crippen LogP contribution is 2.13. The van der Waals surface area contributed by atoms with E-state index < -0.39 is 6.10 Å². The van der Waals surface area contributed by atoms with E-state index in [1.54, 1.807) is 20.8 Å². The van der Waals surface area contributed by atoms with Crippen molar-refractivity contribution in [2.24, 2.45) is 17.6 Å². The lowest BCUT2D eigenvalue weighted by Gasteiger charge is -2.18. The van der Waals surface area contributed by atoms with Gasteiger partial charge in [-0.3, -0.25) is 4.79 Å². The number of hydrogen-bond acceptors (Lipinski definition) is 2. The van der Waals surface area contributed by atoms with Gasteiger partial charge in [0, 0.05) is 5.92 Å². The maximum absolute atomic E-state index is 10.6. The van der Waals surface area contributed by atoms with Crippen molar-refractivity contribution in [3.63, 3.8) is 0 Å². The molecule has 0 heterocycles. The first-order valence-electron chi connectivity index (χ1n) is 3.44. The zero-order chi connectivity index (χ0) is 8.31. The molecule has 0 saturated heterocycles. The molecule has 1 amide bonds. The number of aliphatic hydroxyl groups excluding tert-OH is 1. The summed E-state index contributed by atoms with van der Waals surface area (Å²) in [5.74, 6) is -0.661. The van der Waals surface area contributed by atoms with Crippen LogP contribution in [0.25, 0.3) is 0 Å². The fourth-order valence-corrected chi connectivity index (χ4v) is 0.677. The lowest BCUT2D eigenvalue weighted by Crippen LogP contribution is -2.31. The summed E-state index contributed by atoms with van der Waals surface area (Å²) in [7, 11) is 0. The molecule has 3 N–H and O–H groups in total. The monoisotopic (exact) mass is 145 g/mol. The molecule has 0 bridgehead atoms. The van der Waals surface area contributed by atoms with Crippen molar-refractivity contribution in [3.8, 4) is 0 Å². The number of aliphatic hydroxyl groups is 1. The number of nitrogens with two attached hydrogens (primary N) is 1. The van der Waals surface area contributed by atoms with Crippen molar-refractivity contribution in [2.45, 2.75) is 26.9 Å². The highest BCUT2D eigenvalue weighted by atomic mass is 16.3. The van der Waals surface area contributed by atoms with Crippen molar-refractivity contribution in [1.82, 2.24) is 0 Å². The number of amides is 1. The Morgan fingerprint density at radius 2 is 1.80 bits per heavy atom. The molecule has 0 radical (unpaired) electrons. The fourth-order valence-electron chi connectivity index (χ4n) is 0.677. The average molecular weight is 145 g/mol. The van der Waals surface area contributed by atoms with Crippen molar-refractivity contribution < 1.29 is 9.90 Å². The van der Waals surface area contributed by atoms with Gasteiger partial charge >= 0.3 is 0 Å². The molecule has 0 aromatic rings. The van der Waals surface area contributed by atoms with E-state index in [1.807, 2.05) is 0 Å². The molecule has 3 heteroatoms. The van der Waals surface area contributed by atoms with Gasteiger partial charge in [0.2, 0.25) is 5.91 Å². The van der Waals surface area contributed by atoms with Crippen molar-refractivity contribution >= 4 is 5.91 Å². The van der Waals surface area contributed by atoms with Gasteiger partial charge in [-0.15, -0.1) is 0 Å². The topological polar surface area (TPSA) is 63.3 Å². The van der Waals surface area contributed by atoms with Crippen LogP contribution in [0.15, 0.2) is 0 Å². The number of hydrogen-bond donors (Lipinski definition) is 2. The molecule has 0 spiro atoms. The average Bonchev–Trinajstić information content (AvgIpc) is 1.84. The molecule has 0 aromatic heterocycles. The molecule has 3 unspecified atom stereocenters. The second kappa shape index (κ2) is 3.56. The van der Waals surface area contributed by atoms with Gasteiger partial charge in [-0.1, -0.05) is 13.8 Å². The molecule has 0 fully saturated rings. The normalized spacial score (nSPS) is 19.6. The van der Waals surface area contributed by atoms with Crippen LogP contribution in [-0.4, -0.2) is 17.1 Å². The van der Waals surface area contributed by atoms with Crippen molar-refractivity contribution in [3.05, 3.63) is 0 Å². The predicted octanol–water partition coefficient (Wildman–Crippen LogP) is 0.125. The van der Waals surface area contributed by atoms with Gasteiger partial charge in [0.15, 0.2) is 0 Å². The fraction of sp³-hybridized carbons (Fsp3) is 0.857. The Kier molecular flexibility index (Phi) is 3.36. The van der Waals surface area contributed by atoms with Gasteiger partial charge in [0.05, 0.1) is 6.10 Å². The largest absolute Gasteiger partial charge is 0.393 e. The summed E-state index contributed by atoms with van der Waals surface area (Å²) < 4.78 is 0. The van der Waals surface area contributed by atoms with Crippen LogP contribution in [0.2, 0.25) is 0 Å². The number of carbonyl (C=O) groups is 1.